The Morgan fingerprint density at radius 3 is 2.67 bits per heavy atom. The molecule has 0 aliphatic rings. The Morgan fingerprint density at radius 1 is 1.07 bits per heavy atom. The number of halogens is 1. The molecule has 0 saturated carbocycles. The van der Waals surface area contributed by atoms with E-state index in [1.807, 2.05) is 18.2 Å². The summed E-state index contributed by atoms with van der Waals surface area (Å²) in [6, 6.07) is 17.8. The maximum absolute atomic E-state index is 13.1. The van der Waals surface area contributed by atoms with Crippen LogP contribution < -0.4 is 0 Å². The van der Waals surface area contributed by atoms with E-state index >= 15 is 0 Å². The summed E-state index contributed by atoms with van der Waals surface area (Å²) >= 11 is 0. The summed E-state index contributed by atoms with van der Waals surface area (Å²) in [7, 11) is 0. The van der Waals surface area contributed by atoms with Gasteiger partial charge in [0.05, 0.1) is 21.6 Å². The normalized spacial score (nSPS) is 11.3. The molecule has 1 heterocycles. The number of aliphatic imine (C=N–C) groups is 1. The highest BCUT2D eigenvalue weighted by Crippen LogP contribution is 2.24. The number of imidazole rings is 1. The van der Waals surface area contributed by atoms with E-state index in [0.29, 0.717) is 17.1 Å². The molecule has 0 spiro atoms. The molecular formula is C20H13FN4O2. The summed E-state index contributed by atoms with van der Waals surface area (Å²) in [5, 5.41) is 10.8. The molecule has 1 aromatic heterocycles. The molecule has 0 unspecified atom stereocenters. The van der Waals surface area contributed by atoms with E-state index in [2.05, 4.69) is 15.0 Å². The fourth-order valence-electron chi connectivity index (χ4n) is 2.69. The third kappa shape index (κ3) is 3.57. The third-order valence-electron chi connectivity index (χ3n) is 4.03. The first-order chi connectivity index (χ1) is 13.1. The van der Waals surface area contributed by atoms with Gasteiger partial charge in [0.15, 0.2) is 0 Å². The number of rotatable bonds is 4. The van der Waals surface area contributed by atoms with E-state index in [9.17, 15) is 14.5 Å². The molecule has 0 aliphatic carbocycles. The zero-order valence-electron chi connectivity index (χ0n) is 14.0. The Balaban J connectivity index is 1.62. The summed E-state index contributed by atoms with van der Waals surface area (Å²) in [6.07, 6.45) is 1.57. The molecule has 0 atom stereocenters. The monoisotopic (exact) mass is 360 g/mol. The molecule has 3 aromatic carbocycles. The first-order valence-corrected chi connectivity index (χ1v) is 8.13. The lowest BCUT2D eigenvalue weighted by molar-refractivity contribution is -0.384. The summed E-state index contributed by atoms with van der Waals surface area (Å²) in [4.78, 5) is 22.5. The summed E-state index contributed by atoms with van der Waals surface area (Å²) in [6.45, 7) is 0. The van der Waals surface area contributed by atoms with E-state index in [-0.39, 0.29) is 11.5 Å². The van der Waals surface area contributed by atoms with Crippen LogP contribution in [0.4, 0.5) is 15.8 Å². The van der Waals surface area contributed by atoms with Gasteiger partial charge in [0.2, 0.25) is 0 Å². The SMILES string of the molecule is O=[N+]([O-])c1cccc(C=Nc2ccc3nc(-c4ccc(F)cc4)[nH]c3c2)c1. The van der Waals surface area contributed by atoms with Crippen LogP contribution in [0.15, 0.2) is 71.7 Å². The van der Waals surface area contributed by atoms with Gasteiger partial charge in [0.1, 0.15) is 11.6 Å². The summed E-state index contributed by atoms with van der Waals surface area (Å²) < 4.78 is 13.1. The lowest BCUT2D eigenvalue weighted by Gasteiger charge is -1.96. The molecule has 1 N–H and O–H groups in total. The minimum absolute atomic E-state index is 0.0203. The zero-order valence-corrected chi connectivity index (χ0v) is 14.0. The van der Waals surface area contributed by atoms with Crippen molar-refractivity contribution in [3.8, 4) is 11.4 Å². The van der Waals surface area contributed by atoms with Crippen molar-refractivity contribution in [1.82, 2.24) is 9.97 Å². The molecule has 132 valence electrons. The fourth-order valence-corrected chi connectivity index (χ4v) is 2.69. The van der Waals surface area contributed by atoms with Crippen molar-refractivity contribution >= 4 is 28.6 Å². The second-order valence-electron chi connectivity index (χ2n) is 5.90. The minimum Gasteiger partial charge on any atom is -0.338 e. The number of nitro groups is 1. The number of nitrogens with one attached hydrogen (secondary N) is 1. The zero-order chi connectivity index (χ0) is 18.8. The number of fused-ring (bicyclic) bond motifs is 1. The van der Waals surface area contributed by atoms with Gasteiger partial charge in [0.25, 0.3) is 5.69 Å². The first-order valence-electron chi connectivity index (χ1n) is 8.13. The fraction of sp³-hybridized carbons (Fsp3) is 0. The Hall–Kier alpha value is -3.87. The van der Waals surface area contributed by atoms with Crippen molar-refractivity contribution in [3.63, 3.8) is 0 Å². The second kappa shape index (κ2) is 6.80. The van der Waals surface area contributed by atoms with Gasteiger partial charge in [-0.25, -0.2) is 9.37 Å². The number of H-pyrrole nitrogens is 1. The van der Waals surface area contributed by atoms with Crippen LogP contribution in [0.2, 0.25) is 0 Å². The Labute approximate surface area is 153 Å². The number of aromatic nitrogens is 2. The van der Waals surface area contributed by atoms with Crippen molar-refractivity contribution in [2.45, 2.75) is 0 Å². The van der Waals surface area contributed by atoms with Crippen molar-refractivity contribution in [2.75, 3.05) is 0 Å². The predicted octanol–water partition coefficient (Wildman–Crippen LogP) is 5.03. The molecule has 4 aromatic rings. The van der Waals surface area contributed by atoms with Gasteiger partial charge in [-0.1, -0.05) is 12.1 Å². The van der Waals surface area contributed by atoms with Crippen LogP contribution in [0.5, 0.6) is 0 Å². The number of aromatic amines is 1. The average molecular weight is 360 g/mol. The quantitative estimate of drug-likeness (QED) is 0.315. The number of nitrogens with zero attached hydrogens (tertiary/aromatic N) is 3. The molecule has 0 aliphatic heterocycles. The van der Waals surface area contributed by atoms with Crippen LogP contribution in [0.25, 0.3) is 22.4 Å². The smallest absolute Gasteiger partial charge is 0.270 e. The van der Waals surface area contributed by atoms with Crippen LogP contribution in [-0.2, 0) is 0 Å². The van der Waals surface area contributed by atoms with Crippen LogP contribution >= 0.6 is 0 Å². The minimum atomic E-state index is -0.440. The maximum atomic E-state index is 13.1. The highest BCUT2D eigenvalue weighted by molar-refractivity contribution is 5.86. The average Bonchev–Trinajstić information content (AvgIpc) is 3.10. The number of hydrogen-bond donors (Lipinski definition) is 1. The highest BCUT2D eigenvalue weighted by atomic mass is 19.1. The van der Waals surface area contributed by atoms with Crippen LogP contribution in [-0.4, -0.2) is 21.1 Å². The van der Waals surface area contributed by atoms with Gasteiger partial charge in [-0.3, -0.25) is 15.1 Å². The van der Waals surface area contributed by atoms with E-state index in [4.69, 9.17) is 0 Å². The molecule has 0 saturated heterocycles. The Kier molecular flexibility index (Phi) is 4.18. The van der Waals surface area contributed by atoms with Gasteiger partial charge < -0.3 is 4.98 Å². The van der Waals surface area contributed by atoms with Gasteiger partial charge in [-0.15, -0.1) is 0 Å². The van der Waals surface area contributed by atoms with E-state index in [1.165, 1.54) is 24.3 Å². The van der Waals surface area contributed by atoms with Crippen LogP contribution in [0.1, 0.15) is 5.56 Å². The number of hydrogen-bond acceptors (Lipinski definition) is 4. The molecular weight excluding hydrogens is 347 g/mol. The van der Waals surface area contributed by atoms with Gasteiger partial charge >= 0.3 is 0 Å². The number of benzene rings is 3. The summed E-state index contributed by atoms with van der Waals surface area (Å²) in [5.74, 6) is 0.345. The van der Waals surface area contributed by atoms with E-state index in [0.717, 1.165) is 16.6 Å². The number of nitro benzene ring substituents is 1. The second-order valence-corrected chi connectivity index (χ2v) is 5.90. The van der Waals surface area contributed by atoms with Gasteiger partial charge in [-0.2, -0.15) is 0 Å². The van der Waals surface area contributed by atoms with Crippen molar-refractivity contribution in [2.24, 2.45) is 4.99 Å². The van der Waals surface area contributed by atoms with Crippen LogP contribution in [0, 0.1) is 15.9 Å². The van der Waals surface area contributed by atoms with Gasteiger partial charge in [-0.05, 0) is 48.0 Å². The number of non-ortho nitro benzene ring substituents is 1. The van der Waals surface area contributed by atoms with Crippen LogP contribution in [0.3, 0.4) is 0 Å². The standard InChI is InChI=1S/C20H13FN4O2/c21-15-6-4-14(5-7-15)20-23-18-9-8-16(11-19(18)24-20)22-12-13-2-1-3-17(10-13)25(26)27/h1-12H,(H,23,24). The predicted molar refractivity (Wildman–Crippen MR) is 102 cm³/mol. The lowest BCUT2D eigenvalue weighted by Crippen LogP contribution is -1.89. The van der Waals surface area contributed by atoms with Crippen molar-refractivity contribution < 1.29 is 9.31 Å². The molecule has 6 nitrogen and oxygen atoms in total. The Bertz CT molecular complexity index is 1170. The maximum Gasteiger partial charge on any atom is 0.270 e. The van der Waals surface area contributed by atoms with Crippen molar-refractivity contribution in [3.05, 3.63) is 88.2 Å². The first kappa shape index (κ1) is 16.6. The molecule has 0 amide bonds. The third-order valence-corrected chi connectivity index (χ3v) is 4.03. The molecule has 0 bridgehead atoms. The molecule has 0 fully saturated rings. The Morgan fingerprint density at radius 2 is 1.89 bits per heavy atom. The lowest BCUT2D eigenvalue weighted by atomic mass is 10.2. The van der Waals surface area contributed by atoms with E-state index in [1.54, 1.807) is 30.5 Å². The van der Waals surface area contributed by atoms with Gasteiger partial charge in [0, 0.05) is 23.9 Å². The molecule has 27 heavy (non-hydrogen) atoms. The molecule has 7 heteroatoms. The summed E-state index contributed by atoms with van der Waals surface area (Å²) in [5.41, 5.74) is 3.69. The highest BCUT2D eigenvalue weighted by Gasteiger charge is 2.07. The van der Waals surface area contributed by atoms with E-state index < -0.39 is 4.92 Å². The molecule has 4 rings (SSSR count). The molecule has 0 radical (unpaired) electrons. The largest absolute Gasteiger partial charge is 0.338 e. The topological polar surface area (TPSA) is 84.2 Å². The van der Waals surface area contributed by atoms with Crippen molar-refractivity contribution in [1.29, 1.82) is 0 Å².